The molecule has 3 heterocycles. The first-order valence-electron chi connectivity index (χ1n) is 12.9. The average Bonchev–Trinajstić information content (AvgIpc) is 3.31. The van der Waals surface area contributed by atoms with Crippen molar-refractivity contribution in [1.82, 2.24) is 30.2 Å². The molecule has 1 saturated carbocycles. The fourth-order valence-electron chi connectivity index (χ4n) is 5.63. The van der Waals surface area contributed by atoms with Crippen LogP contribution in [0.5, 0.6) is 0 Å². The van der Waals surface area contributed by atoms with E-state index in [1.54, 1.807) is 4.90 Å². The number of carbonyl (C=O) groups excluding carboxylic acids is 1. The molecule has 3 aliphatic rings. The lowest BCUT2D eigenvalue weighted by molar-refractivity contribution is -0.0973. The molecule has 0 radical (unpaired) electrons. The summed E-state index contributed by atoms with van der Waals surface area (Å²) in [7, 11) is 0. The topological polar surface area (TPSA) is 77.7 Å². The minimum absolute atomic E-state index is 0.171. The van der Waals surface area contributed by atoms with Crippen LogP contribution >= 0.6 is 0 Å². The number of halogens is 2. The highest BCUT2D eigenvalue weighted by molar-refractivity contribution is 5.75. The smallest absolute Gasteiger partial charge is 0.317 e. The predicted octanol–water partition coefficient (Wildman–Crippen LogP) is 3.28. The number of hydrogen-bond donors (Lipinski definition) is 1. The van der Waals surface area contributed by atoms with E-state index in [1.807, 2.05) is 6.92 Å². The Balaban J connectivity index is 1.38. The van der Waals surface area contributed by atoms with Gasteiger partial charge in [0, 0.05) is 69.6 Å². The van der Waals surface area contributed by atoms with Crippen LogP contribution in [0.1, 0.15) is 71.5 Å². The molecule has 1 N–H and O–H groups in total. The monoisotopic (exact) mass is 482 g/mol. The van der Waals surface area contributed by atoms with Crippen LogP contribution in [0.2, 0.25) is 0 Å². The van der Waals surface area contributed by atoms with Gasteiger partial charge in [-0.3, -0.25) is 9.80 Å². The van der Waals surface area contributed by atoms with E-state index in [4.69, 9.17) is 4.52 Å². The zero-order valence-electron chi connectivity index (χ0n) is 21.0. The highest BCUT2D eigenvalue weighted by Gasteiger charge is 2.50. The Morgan fingerprint density at radius 2 is 1.82 bits per heavy atom. The fourth-order valence-corrected chi connectivity index (χ4v) is 5.63. The Hall–Kier alpha value is -1.81. The number of hydrogen-bond acceptors (Lipinski definition) is 6. The van der Waals surface area contributed by atoms with Crippen molar-refractivity contribution >= 4 is 6.03 Å². The molecule has 8 nitrogen and oxygen atoms in total. The van der Waals surface area contributed by atoms with E-state index in [1.165, 1.54) is 0 Å². The molecule has 10 heteroatoms. The molecule has 2 saturated heterocycles. The second kappa shape index (κ2) is 10.0. The molecule has 0 unspecified atom stereocenters. The van der Waals surface area contributed by atoms with Gasteiger partial charge in [0.2, 0.25) is 5.89 Å². The van der Waals surface area contributed by atoms with Crippen LogP contribution in [0.3, 0.4) is 0 Å². The Labute approximate surface area is 201 Å². The van der Waals surface area contributed by atoms with Crippen LogP contribution in [0.15, 0.2) is 4.52 Å². The fraction of sp³-hybridized carbons (Fsp3) is 0.875. The third kappa shape index (κ3) is 5.22. The summed E-state index contributed by atoms with van der Waals surface area (Å²) in [5, 5.41) is 6.90. The minimum atomic E-state index is -2.90. The maximum Gasteiger partial charge on any atom is 0.317 e. The maximum absolute atomic E-state index is 15.1. The van der Waals surface area contributed by atoms with E-state index >= 15 is 8.78 Å². The molecule has 0 bridgehead atoms. The summed E-state index contributed by atoms with van der Waals surface area (Å²) in [6, 6.07) is -1.42. The van der Waals surface area contributed by atoms with E-state index in [-0.39, 0.29) is 23.9 Å². The van der Waals surface area contributed by atoms with Gasteiger partial charge in [-0.2, -0.15) is 4.98 Å². The van der Waals surface area contributed by atoms with Crippen molar-refractivity contribution in [1.29, 1.82) is 0 Å². The molecule has 1 aromatic heterocycles. The van der Waals surface area contributed by atoms with Gasteiger partial charge in [0.15, 0.2) is 5.82 Å². The highest BCUT2D eigenvalue weighted by Crippen LogP contribution is 2.37. The number of nitrogens with one attached hydrogen (secondary N) is 1. The summed E-state index contributed by atoms with van der Waals surface area (Å²) in [4.78, 5) is 23.8. The summed E-state index contributed by atoms with van der Waals surface area (Å²) in [6.45, 7) is 12.6. The third-order valence-corrected chi connectivity index (χ3v) is 8.14. The van der Waals surface area contributed by atoms with Gasteiger partial charge in [0.25, 0.3) is 5.92 Å². The van der Waals surface area contributed by atoms with Gasteiger partial charge in [-0.05, 0) is 39.5 Å². The van der Waals surface area contributed by atoms with Crippen LogP contribution < -0.4 is 5.32 Å². The van der Waals surface area contributed by atoms with Crippen LogP contribution in [0.4, 0.5) is 13.6 Å². The molecule has 2 aliphatic heterocycles. The van der Waals surface area contributed by atoms with E-state index in [0.717, 1.165) is 26.2 Å². The lowest BCUT2D eigenvalue weighted by Gasteiger charge is -2.48. The molecular formula is C24H40F2N6O2. The number of alkyl halides is 2. The molecule has 1 aromatic rings. The van der Waals surface area contributed by atoms with Crippen LogP contribution in [0, 0.1) is 0 Å². The summed E-state index contributed by atoms with van der Waals surface area (Å²) in [5.74, 6) is -1.63. The van der Waals surface area contributed by atoms with Crippen molar-refractivity contribution in [3.05, 3.63) is 11.7 Å². The lowest BCUT2D eigenvalue weighted by atomic mass is 9.79. The molecular weight excluding hydrogens is 442 g/mol. The number of nitrogens with zero attached hydrogens (tertiary/aromatic N) is 5. The van der Waals surface area contributed by atoms with Crippen LogP contribution in [-0.4, -0.2) is 94.2 Å². The summed E-state index contributed by atoms with van der Waals surface area (Å²) < 4.78 is 35.5. The highest BCUT2D eigenvalue weighted by atomic mass is 19.3. The van der Waals surface area contributed by atoms with E-state index < -0.39 is 12.0 Å². The lowest BCUT2D eigenvalue weighted by Crippen LogP contribution is -2.66. The molecule has 2 amide bonds. The number of rotatable bonds is 5. The van der Waals surface area contributed by atoms with Crippen molar-refractivity contribution in [2.45, 2.75) is 95.7 Å². The van der Waals surface area contributed by atoms with Crippen molar-refractivity contribution < 1.29 is 18.1 Å². The van der Waals surface area contributed by atoms with Gasteiger partial charge >= 0.3 is 6.03 Å². The number of urea groups is 1. The Kier molecular flexibility index (Phi) is 7.47. The Morgan fingerprint density at radius 1 is 1.15 bits per heavy atom. The first kappa shape index (κ1) is 25.3. The number of likely N-dealkylation sites (tertiary alicyclic amines) is 1. The van der Waals surface area contributed by atoms with Crippen LogP contribution in [-0.2, 0) is 11.8 Å². The largest absolute Gasteiger partial charge is 0.339 e. The minimum Gasteiger partial charge on any atom is -0.339 e. The van der Waals surface area contributed by atoms with Gasteiger partial charge in [-0.1, -0.05) is 19.0 Å². The molecule has 4 rings (SSSR count). The molecule has 34 heavy (non-hydrogen) atoms. The number of carbonyl (C=O) groups is 1. The summed E-state index contributed by atoms with van der Waals surface area (Å²) in [5.41, 5.74) is -0.277. The number of aromatic nitrogens is 2. The van der Waals surface area contributed by atoms with Crippen molar-refractivity contribution in [3.8, 4) is 0 Å². The second-order valence-corrected chi connectivity index (χ2v) is 10.7. The molecule has 0 spiro atoms. The quantitative estimate of drug-likeness (QED) is 0.694. The van der Waals surface area contributed by atoms with Crippen molar-refractivity contribution in [2.24, 2.45) is 0 Å². The molecule has 0 aromatic carbocycles. The zero-order valence-corrected chi connectivity index (χ0v) is 21.0. The standard InChI is InChI=1S/C24H40F2N6O2/c1-5-19-27-21(29-34-19)23(4)9-11-32(12-10-23)22(33)28-20-18(7-6-8-24(20,25)26)31-15-13-30(14-16-31)17(2)3/h17-18,20H,5-16H2,1-4H3,(H,28,33)/t18-,20+/m0/s1. The second-order valence-electron chi connectivity index (χ2n) is 10.7. The molecule has 3 fully saturated rings. The molecule has 2 atom stereocenters. The predicted molar refractivity (Wildman–Crippen MR) is 125 cm³/mol. The number of piperazine rings is 1. The van der Waals surface area contributed by atoms with E-state index in [0.29, 0.717) is 63.0 Å². The van der Waals surface area contributed by atoms with Gasteiger partial charge in [-0.25, -0.2) is 13.6 Å². The zero-order chi connectivity index (χ0) is 24.5. The first-order valence-corrected chi connectivity index (χ1v) is 12.9. The van der Waals surface area contributed by atoms with Gasteiger partial charge < -0.3 is 14.7 Å². The SMILES string of the molecule is CCc1nc(C2(C)CCN(C(=O)N[C@@H]3[C@@H](N4CCN(C(C)C)CC4)CCCC3(F)F)CC2)no1. The summed E-state index contributed by atoms with van der Waals surface area (Å²) >= 11 is 0. The van der Waals surface area contributed by atoms with Gasteiger partial charge in [0.05, 0.1) is 0 Å². The van der Waals surface area contributed by atoms with Crippen LogP contribution in [0.25, 0.3) is 0 Å². The van der Waals surface area contributed by atoms with Crippen molar-refractivity contribution in [2.75, 3.05) is 39.3 Å². The van der Waals surface area contributed by atoms with Crippen molar-refractivity contribution in [3.63, 3.8) is 0 Å². The third-order valence-electron chi connectivity index (χ3n) is 8.14. The number of amides is 2. The first-order chi connectivity index (χ1) is 16.1. The van der Waals surface area contributed by atoms with E-state index in [9.17, 15) is 4.79 Å². The number of piperidine rings is 1. The number of aryl methyl sites for hydroxylation is 1. The van der Waals surface area contributed by atoms with Gasteiger partial charge in [-0.15, -0.1) is 0 Å². The van der Waals surface area contributed by atoms with E-state index in [2.05, 4.69) is 46.0 Å². The van der Waals surface area contributed by atoms with Gasteiger partial charge in [0.1, 0.15) is 6.04 Å². The summed E-state index contributed by atoms with van der Waals surface area (Å²) in [6.07, 6.45) is 3.03. The average molecular weight is 483 g/mol. The normalized spacial score (nSPS) is 28.3. The molecule has 192 valence electrons. The molecule has 1 aliphatic carbocycles. The maximum atomic E-state index is 15.1. The Morgan fingerprint density at radius 3 is 2.41 bits per heavy atom. The Bertz CT molecular complexity index is 831.